The van der Waals surface area contributed by atoms with Crippen LogP contribution in [0.15, 0.2) is 200 Å². The van der Waals surface area contributed by atoms with Crippen molar-refractivity contribution >= 4 is 10.8 Å². The van der Waals surface area contributed by atoms with Crippen molar-refractivity contribution in [1.82, 2.24) is 9.97 Å². The summed E-state index contributed by atoms with van der Waals surface area (Å²) in [5.41, 5.74) is 13.8. The van der Waals surface area contributed by atoms with Crippen molar-refractivity contribution in [2.24, 2.45) is 0 Å². The number of hydrogen-bond acceptors (Lipinski definition) is 3. The Morgan fingerprint density at radius 1 is 0.400 bits per heavy atom. The van der Waals surface area contributed by atoms with E-state index in [1.165, 1.54) is 22.1 Å². The predicted molar refractivity (Wildman–Crippen MR) is 223 cm³/mol. The second-order valence-corrected chi connectivity index (χ2v) is 14.0. The summed E-state index contributed by atoms with van der Waals surface area (Å²) >= 11 is 0. The van der Waals surface area contributed by atoms with Crippen molar-refractivity contribution in [2.45, 2.75) is 5.41 Å². The molecule has 3 heteroatoms. The van der Waals surface area contributed by atoms with Gasteiger partial charge in [-0.15, -0.1) is 0 Å². The number of aromatic nitrogens is 2. The highest BCUT2D eigenvalue weighted by atomic mass is 14.9. The lowest BCUT2D eigenvalue weighted by Crippen LogP contribution is -2.28. The number of fused-ring (bicyclic) bond motifs is 4. The van der Waals surface area contributed by atoms with Gasteiger partial charge in [-0.25, -0.2) is 9.97 Å². The smallest absolute Gasteiger partial charge is 0.160 e. The molecule has 0 unspecified atom stereocenters. The van der Waals surface area contributed by atoms with E-state index in [-0.39, 0.29) is 0 Å². The molecule has 0 aliphatic heterocycles. The van der Waals surface area contributed by atoms with Gasteiger partial charge in [0.2, 0.25) is 0 Å². The molecule has 1 heterocycles. The Balaban J connectivity index is 1.11. The fraction of sp³-hybridized carbons (Fsp3) is 0.0192. The lowest BCUT2D eigenvalue weighted by molar-refractivity contribution is 0.768. The van der Waals surface area contributed by atoms with Gasteiger partial charge in [0.25, 0.3) is 0 Å². The number of nitriles is 1. The predicted octanol–water partition coefficient (Wildman–Crippen LogP) is 12.5. The van der Waals surface area contributed by atoms with Gasteiger partial charge in [-0.2, -0.15) is 5.26 Å². The van der Waals surface area contributed by atoms with Crippen molar-refractivity contribution in [1.29, 1.82) is 5.26 Å². The van der Waals surface area contributed by atoms with Gasteiger partial charge in [0.05, 0.1) is 28.4 Å². The third-order valence-electron chi connectivity index (χ3n) is 11.0. The summed E-state index contributed by atoms with van der Waals surface area (Å²) in [6.45, 7) is 0. The first-order valence-electron chi connectivity index (χ1n) is 18.5. The van der Waals surface area contributed by atoms with Gasteiger partial charge in [-0.05, 0) is 74.0 Å². The van der Waals surface area contributed by atoms with Crippen LogP contribution < -0.4 is 0 Å². The van der Waals surface area contributed by atoms with Crippen LogP contribution in [0.3, 0.4) is 0 Å². The Morgan fingerprint density at radius 2 is 0.964 bits per heavy atom. The van der Waals surface area contributed by atoms with Crippen molar-refractivity contribution in [3.05, 3.63) is 228 Å². The van der Waals surface area contributed by atoms with Gasteiger partial charge >= 0.3 is 0 Å². The second-order valence-electron chi connectivity index (χ2n) is 14.0. The molecule has 55 heavy (non-hydrogen) atoms. The van der Waals surface area contributed by atoms with Crippen LogP contribution in [-0.2, 0) is 5.41 Å². The Morgan fingerprint density at radius 3 is 1.64 bits per heavy atom. The van der Waals surface area contributed by atoms with Crippen LogP contribution in [0.1, 0.15) is 27.8 Å². The summed E-state index contributed by atoms with van der Waals surface area (Å²) in [4.78, 5) is 10.2. The molecule has 1 aromatic heterocycles. The molecule has 0 saturated carbocycles. The SMILES string of the molecule is N#Cc1cccc2c1-c1ccc(-c3ccc(-c4cc(-c5ccccc5)nc(-c5ccc6ccccc6c5)n4)cc3)cc1C2(c1ccccc1)c1ccccc1. The zero-order valence-electron chi connectivity index (χ0n) is 29.9. The zero-order valence-corrected chi connectivity index (χ0v) is 29.9. The normalized spacial score (nSPS) is 12.5. The first-order valence-corrected chi connectivity index (χ1v) is 18.5. The molecule has 0 radical (unpaired) electrons. The molecule has 9 aromatic rings. The Kier molecular flexibility index (Phi) is 7.75. The van der Waals surface area contributed by atoms with E-state index >= 15 is 0 Å². The Labute approximate surface area is 320 Å². The summed E-state index contributed by atoms with van der Waals surface area (Å²) in [7, 11) is 0. The van der Waals surface area contributed by atoms with Gasteiger partial charge in [0.15, 0.2) is 5.82 Å². The van der Waals surface area contributed by atoms with Crippen LogP contribution in [0.25, 0.3) is 66.9 Å². The highest BCUT2D eigenvalue weighted by Crippen LogP contribution is 2.57. The number of nitrogens with zero attached hydrogens (tertiary/aromatic N) is 3. The van der Waals surface area contributed by atoms with E-state index in [0.29, 0.717) is 11.4 Å². The van der Waals surface area contributed by atoms with Crippen molar-refractivity contribution in [3.63, 3.8) is 0 Å². The summed E-state index contributed by atoms with van der Waals surface area (Å²) in [5.74, 6) is 0.694. The quantitative estimate of drug-likeness (QED) is 0.174. The molecule has 8 aromatic carbocycles. The Bertz CT molecular complexity index is 2870. The van der Waals surface area contributed by atoms with Gasteiger partial charge < -0.3 is 0 Å². The molecule has 0 bridgehead atoms. The summed E-state index contributed by atoms with van der Waals surface area (Å²) in [5, 5.41) is 12.7. The fourth-order valence-electron chi connectivity index (χ4n) is 8.45. The van der Waals surface area contributed by atoms with Crippen molar-refractivity contribution < 1.29 is 0 Å². The molecule has 10 rings (SSSR count). The number of rotatable bonds is 6. The van der Waals surface area contributed by atoms with Crippen LogP contribution in [0.4, 0.5) is 0 Å². The fourth-order valence-corrected chi connectivity index (χ4v) is 8.45. The molecule has 0 spiro atoms. The van der Waals surface area contributed by atoms with Crippen LogP contribution >= 0.6 is 0 Å². The van der Waals surface area contributed by atoms with E-state index in [2.05, 4.69) is 176 Å². The maximum atomic E-state index is 10.3. The highest BCUT2D eigenvalue weighted by molar-refractivity contribution is 5.91. The van der Waals surface area contributed by atoms with E-state index in [9.17, 15) is 5.26 Å². The zero-order chi connectivity index (χ0) is 36.8. The molecule has 0 saturated heterocycles. The maximum Gasteiger partial charge on any atom is 0.160 e. The van der Waals surface area contributed by atoms with E-state index in [0.717, 1.165) is 61.3 Å². The van der Waals surface area contributed by atoms with Gasteiger partial charge in [0, 0.05) is 22.3 Å². The average Bonchev–Trinajstić information content (AvgIpc) is 3.57. The van der Waals surface area contributed by atoms with E-state index < -0.39 is 5.41 Å². The van der Waals surface area contributed by atoms with Gasteiger partial charge in [-0.1, -0.05) is 176 Å². The van der Waals surface area contributed by atoms with Crippen LogP contribution in [0.2, 0.25) is 0 Å². The van der Waals surface area contributed by atoms with Crippen LogP contribution in [0.5, 0.6) is 0 Å². The molecule has 0 fully saturated rings. The first-order chi connectivity index (χ1) is 27.2. The standard InChI is InChI=1S/C52H33N3/c53-34-42-17-12-22-46-50(42)45-30-29-40(32-47(45)52(46,43-18-6-2-7-19-43)44-20-8-3-9-21-44)36-23-26-38(27-24-36)49-33-48(37-14-4-1-5-15-37)54-51(55-49)41-28-25-35-13-10-11-16-39(35)31-41/h1-33H. The average molecular weight is 700 g/mol. The molecule has 3 nitrogen and oxygen atoms in total. The van der Waals surface area contributed by atoms with Crippen LogP contribution in [0, 0.1) is 11.3 Å². The second kappa shape index (κ2) is 13.2. The molecule has 0 atom stereocenters. The topological polar surface area (TPSA) is 49.6 Å². The third kappa shape index (κ3) is 5.35. The van der Waals surface area contributed by atoms with E-state index in [4.69, 9.17) is 9.97 Å². The lowest BCUT2D eigenvalue weighted by Gasteiger charge is -2.34. The number of benzene rings is 8. The molecule has 0 N–H and O–H groups in total. The largest absolute Gasteiger partial charge is 0.228 e. The Hall–Kier alpha value is -7.41. The van der Waals surface area contributed by atoms with Gasteiger partial charge in [-0.3, -0.25) is 0 Å². The minimum absolute atomic E-state index is 0.593. The highest BCUT2D eigenvalue weighted by Gasteiger charge is 2.47. The first kappa shape index (κ1) is 32.3. The maximum absolute atomic E-state index is 10.3. The molecule has 1 aliphatic carbocycles. The minimum atomic E-state index is -0.593. The lowest BCUT2D eigenvalue weighted by atomic mass is 9.67. The van der Waals surface area contributed by atoms with Crippen molar-refractivity contribution in [3.8, 4) is 62.2 Å². The minimum Gasteiger partial charge on any atom is -0.228 e. The summed E-state index contributed by atoms with van der Waals surface area (Å²) in [6, 6.07) is 72.7. The third-order valence-corrected chi connectivity index (χ3v) is 11.0. The molecular formula is C52H33N3. The monoisotopic (exact) mass is 699 g/mol. The molecule has 0 amide bonds. The van der Waals surface area contributed by atoms with E-state index in [1.54, 1.807) is 0 Å². The van der Waals surface area contributed by atoms with Crippen LogP contribution in [-0.4, -0.2) is 9.97 Å². The van der Waals surface area contributed by atoms with Crippen molar-refractivity contribution in [2.75, 3.05) is 0 Å². The molecule has 256 valence electrons. The summed E-state index contributed by atoms with van der Waals surface area (Å²) < 4.78 is 0. The summed E-state index contributed by atoms with van der Waals surface area (Å²) in [6.07, 6.45) is 0. The molecule has 1 aliphatic rings. The van der Waals surface area contributed by atoms with E-state index in [1.807, 2.05) is 30.3 Å². The number of hydrogen-bond donors (Lipinski definition) is 0. The van der Waals surface area contributed by atoms with Gasteiger partial charge in [0.1, 0.15) is 0 Å². The molecular weight excluding hydrogens is 667 g/mol.